The van der Waals surface area contributed by atoms with Crippen LogP contribution in [0.3, 0.4) is 0 Å². The Morgan fingerprint density at radius 3 is 2.29 bits per heavy atom. The molecule has 2 aromatic carbocycles. The van der Waals surface area contributed by atoms with Crippen LogP contribution in [0.2, 0.25) is 5.02 Å². The number of hydrogen-bond donors (Lipinski definition) is 0. The first-order valence-electron chi connectivity index (χ1n) is 5.70. The third-order valence-electron chi connectivity index (χ3n) is 2.67. The molecule has 0 N–H and O–H groups in total. The van der Waals surface area contributed by atoms with Gasteiger partial charge in [0, 0.05) is 5.56 Å². The largest absolute Gasteiger partial charge is 0.433 e. The highest BCUT2D eigenvalue weighted by molar-refractivity contribution is 6.32. The molecule has 0 spiro atoms. The van der Waals surface area contributed by atoms with Crippen LogP contribution in [-0.2, 0) is 6.18 Å². The van der Waals surface area contributed by atoms with Crippen LogP contribution in [0.4, 0.5) is 22.0 Å². The van der Waals surface area contributed by atoms with Gasteiger partial charge in [-0.1, -0.05) is 35.9 Å². The first kappa shape index (κ1) is 15.6. The van der Waals surface area contributed by atoms with Gasteiger partial charge in [0.1, 0.15) is 0 Å². The Hall–Kier alpha value is -1.82. The van der Waals surface area contributed by atoms with Gasteiger partial charge in [0.15, 0.2) is 5.75 Å². The smallest absolute Gasteiger partial charge is 0.416 e. The van der Waals surface area contributed by atoms with Crippen molar-refractivity contribution in [2.45, 2.75) is 12.8 Å². The molecule has 0 bridgehead atoms. The molecule has 0 saturated heterocycles. The first-order valence-corrected chi connectivity index (χ1v) is 6.08. The van der Waals surface area contributed by atoms with Crippen molar-refractivity contribution < 1.29 is 26.7 Å². The molecule has 7 heteroatoms. The Bertz CT molecular complexity index is 640. The van der Waals surface area contributed by atoms with Gasteiger partial charge in [-0.05, 0) is 23.8 Å². The van der Waals surface area contributed by atoms with Crippen molar-refractivity contribution in [2.24, 2.45) is 0 Å². The minimum absolute atomic E-state index is 0.0638. The Morgan fingerprint density at radius 1 is 1.00 bits per heavy atom. The van der Waals surface area contributed by atoms with E-state index in [1.54, 1.807) is 0 Å². The zero-order chi connectivity index (χ0) is 15.6. The van der Waals surface area contributed by atoms with Crippen LogP contribution in [-0.4, -0.2) is 6.61 Å². The molecular weight excluding hydrogens is 315 g/mol. The second kappa shape index (κ2) is 5.89. The van der Waals surface area contributed by atoms with Gasteiger partial charge < -0.3 is 4.74 Å². The number of ether oxygens (including phenoxy) is 1. The SMILES string of the molecule is FC(F)Oc1c(Cl)cccc1-c1cccc(C(F)(F)F)c1. The summed E-state index contributed by atoms with van der Waals surface area (Å²) < 4.78 is 67.2. The van der Waals surface area contributed by atoms with Crippen molar-refractivity contribution in [2.75, 3.05) is 0 Å². The van der Waals surface area contributed by atoms with Crippen LogP contribution in [0.25, 0.3) is 11.1 Å². The number of halogens is 6. The van der Waals surface area contributed by atoms with Crippen molar-refractivity contribution in [1.29, 1.82) is 0 Å². The van der Waals surface area contributed by atoms with Gasteiger partial charge in [0.25, 0.3) is 0 Å². The molecule has 0 atom stereocenters. The summed E-state index contributed by atoms with van der Waals surface area (Å²) in [5.74, 6) is -0.353. The van der Waals surface area contributed by atoms with E-state index in [1.807, 2.05) is 0 Å². The maximum absolute atomic E-state index is 12.7. The average Bonchev–Trinajstić information content (AvgIpc) is 2.40. The van der Waals surface area contributed by atoms with Crippen molar-refractivity contribution in [1.82, 2.24) is 0 Å². The summed E-state index contributed by atoms with van der Waals surface area (Å²) >= 11 is 5.77. The van der Waals surface area contributed by atoms with E-state index in [9.17, 15) is 22.0 Å². The Morgan fingerprint density at radius 2 is 1.67 bits per heavy atom. The Balaban J connectivity index is 2.54. The number of para-hydroxylation sites is 1. The molecule has 0 aliphatic rings. The van der Waals surface area contributed by atoms with E-state index in [0.29, 0.717) is 0 Å². The Kier molecular flexibility index (Phi) is 4.37. The lowest BCUT2D eigenvalue weighted by atomic mass is 10.0. The van der Waals surface area contributed by atoms with Crippen LogP contribution >= 0.6 is 11.6 Å². The van der Waals surface area contributed by atoms with Gasteiger partial charge in [-0.15, -0.1) is 0 Å². The molecule has 1 nitrogen and oxygen atoms in total. The van der Waals surface area contributed by atoms with Crippen molar-refractivity contribution >= 4 is 11.6 Å². The summed E-state index contributed by atoms with van der Waals surface area (Å²) in [6.07, 6.45) is -4.53. The lowest BCUT2D eigenvalue weighted by molar-refractivity contribution is -0.137. The van der Waals surface area contributed by atoms with Crippen LogP contribution in [0.5, 0.6) is 5.75 Å². The number of rotatable bonds is 3. The topological polar surface area (TPSA) is 9.23 Å². The van der Waals surface area contributed by atoms with Gasteiger partial charge in [0.05, 0.1) is 10.6 Å². The molecule has 2 rings (SSSR count). The first-order chi connectivity index (χ1) is 9.79. The summed E-state index contributed by atoms with van der Waals surface area (Å²) in [4.78, 5) is 0. The third kappa shape index (κ3) is 3.64. The van der Waals surface area contributed by atoms with E-state index >= 15 is 0 Å². The summed E-state index contributed by atoms with van der Waals surface area (Å²) in [5.41, 5.74) is -0.736. The van der Waals surface area contributed by atoms with E-state index in [0.717, 1.165) is 12.1 Å². The maximum atomic E-state index is 12.7. The maximum Gasteiger partial charge on any atom is 0.416 e. The average molecular weight is 323 g/mol. The van der Waals surface area contributed by atoms with Crippen LogP contribution in [0, 0.1) is 0 Å². The van der Waals surface area contributed by atoms with Gasteiger partial charge in [-0.25, -0.2) is 0 Å². The van der Waals surface area contributed by atoms with Gasteiger partial charge >= 0.3 is 12.8 Å². The van der Waals surface area contributed by atoms with Crippen molar-refractivity contribution in [3.8, 4) is 16.9 Å². The molecule has 0 radical (unpaired) electrons. The highest BCUT2D eigenvalue weighted by Crippen LogP contribution is 2.39. The van der Waals surface area contributed by atoms with Crippen molar-refractivity contribution in [3.63, 3.8) is 0 Å². The van der Waals surface area contributed by atoms with Crippen LogP contribution in [0.1, 0.15) is 5.56 Å². The molecular formula is C14H8ClF5O. The molecule has 0 saturated carbocycles. The van der Waals surface area contributed by atoms with E-state index in [-0.39, 0.29) is 21.9 Å². The lowest BCUT2D eigenvalue weighted by Gasteiger charge is -2.14. The van der Waals surface area contributed by atoms with E-state index in [1.165, 1.54) is 30.3 Å². The zero-order valence-corrected chi connectivity index (χ0v) is 11.1. The molecule has 0 unspecified atom stereocenters. The van der Waals surface area contributed by atoms with E-state index in [4.69, 9.17) is 11.6 Å². The molecule has 0 amide bonds. The summed E-state index contributed by atoms with van der Waals surface area (Å²) in [6.45, 7) is -3.13. The fraction of sp³-hybridized carbons (Fsp3) is 0.143. The fourth-order valence-electron chi connectivity index (χ4n) is 1.81. The molecule has 2 aromatic rings. The monoisotopic (exact) mass is 322 g/mol. The minimum atomic E-state index is -4.53. The van der Waals surface area contributed by atoms with E-state index < -0.39 is 18.4 Å². The van der Waals surface area contributed by atoms with Crippen LogP contribution in [0.15, 0.2) is 42.5 Å². The van der Waals surface area contributed by atoms with Gasteiger partial charge in [-0.3, -0.25) is 0 Å². The highest BCUT2D eigenvalue weighted by atomic mass is 35.5. The molecule has 21 heavy (non-hydrogen) atoms. The number of benzene rings is 2. The third-order valence-corrected chi connectivity index (χ3v) is 2.97. The van der Waals surface area contributed by atoms with E-state index in [2.05, 4.69) is 4.74 Å². The summed E-state index contributed by atoms with van der Waals surface area (Å²) in [7, 11) is 0. The second-order valence-corrected chi connectivity index (χ2v) is 4.48. The standard InChI is InChI=1S/C14H8ClF5O/c15-11-6-2-5-10(12(11)21-13(16)17)8-3-1-4-9(7-8)14(18,19)20/h1-7,13H. The fourth-order valence-corrected chi connectivity index (χ4v) is 2.03. The molecule has 0 fully saturated rings. The van der Waals surface area contributed by atoms with Crippen molar-refractivity contribution in [3.05, 3.63) is 53.1 Å². The second-order valence-electron chi connectivity index (χ2n) is 4.07. The predicted octanol–water partition coefficient (Wildman–Crippen LogP) is 5.63. The van der Waals surface area contributed by atoms with Gasteiger partial charge in [0.2, 0.25) is 0 Å². The predicted molar refractivity (Wildman–Crippen MR) is 68.5 cm³/mol. The number of alkyl halides is 5. The highest BCUT2D eigenvalue weighted by Gasteiger charge is 2.30. The molecule has 0 aromatic heterocycles. The van der Waals surface area contributed by atoms with Gasteiger partial charge in [-0.2, -0.15) is 22.0 Å². The summed E-state index contributed by atoms with van der Waals surface area (Å²) in [5, 5.41) is -0.106. The zero-order valence-electron chi connectivity index (χ0n) is 10.3. The molecule has 0 aliphatic carbocycles. The quantitative estimate of drug-likeness (QED) is 0.666. The summed E-state index contributed by atoms with van der Waals surface area (Å²) in [6, 6.07) is 8.40. The molecule has 0 aliphatic heterocycles. The number of hydrogen-bond acceptors (Lipinski definition) is 1. The molecule has 0 heterocycles. The molecule has 112 valence electrons. The minimum Gasteiger partial charge on any atom is -0.433 e. The lowest BCUT2D eigenvalue weighted by Crippen LogP contribution is -2.06. The Labute approximate surface area is 121 Å². The normalized spacial score (nSPS) is 11.8. The van der Waals surface area contributed by atoms with Crippen LogP contribution < -0.4 is 4.74 Å².